The van der Waals surface area contributed by atoms with Gasteiger partial charge in [-0.15, -0.1) is 5.10 Å². The smallest absolute Gasteiger partial charge is 0.115 e. The largest absolute Gasteiger partial charge is 0.508 e. The molecule has 0 spiro atoms. The lowest BCUT2D eigenvalue weighted by Crippen LogP contribution is -2.02. The van der Waals surface area contributed by atoms with E-state index in [-0.39, 0.29) is 5.75 Å². The number of rotatable bonds is 3. The fourth-order valence-corrected chi connectivity index (χ4v) is 2.31. The van der Waals surface area contributed by atoms with Gasteiger partial charge >= 0.3 is 0 Å². The van der Waals surface area contributed by atoms with Gasteiger partial charge in [0.15, 0.2) is 0 Å². The molecule has 5 heteroatoms. The zero-order chi connectivity index (χ0) is 14.8. The van der Waals surface area contributed by atoms with Crippen LogP contribution in [0.5, 0.6) is 5.75 Å². The van der Waals surface area contributed by atoms with E-state index in [4.69, 9.17) is 5.73 Å². The molecule has 0 aliphatic heterocycles. The van der Waals surface area contributed by atoms with Gasteiger partial charge in [0.05, 0.1) is 11.4 Å². The maximum Gasteiger partial charge on any atom is 0.115 e. The molecule has 0 atom stereocenters. The SMILES string of the molecule is Cc1cccc(-c2c(CN)nnn2-c2ccc(O)cc2)c1. The Bertz CT molecular complexity index is 762. The van der Waals surface area contributed by atoms with Gasteiger partial charge in [-0.2, -0.15) is 0 Å². The monoisotopic (exact) mass is 280 g/mol. The van der Waals surface area contributed by atoms with Crippen LogP contribution in [0.1, 0.15) is 11.3 Å². The van der Waals surface area contributed by atoms with Crippen LogP contribution >= 0.6 is 0 Å². The van der Waals surface area contributed by atoms with Crippen molar-refractivity contribution in [3.05, 3.63) is 59.8 Å². The number of hydrogen-bond acceptors (Lipinski definition) is 4. The van der Waals surface area contributed by atoms with Crippen LogP contribution < -0.4 is 5.73 Å². The van der Waals surface area contributed by atoms with E-state index in [9.17, 15) is 5.11 Å². The zero-order valence-electron chi connectivity index (χ0n) is 11.7. The second-order valence-electron chi connectivity index (χ2n) is 4.89. The maximum atomic E-state index is 9.41. The van der Waals surface area contributed by atoms with Crippen LogP contribution in [-0.2, 0) is 6.54 Å². The Balaban J connectivity index is 2.19. The van der Waals surface area contributed by atoms with E-state index >= 15 is 0 Å². The van der Waals surface area contributed by atoms with Gasteiger partial charge in [-0.05, 0) is 37.3 Å². The fraction of sp³-hybridized carbons (Fsp3) is 0.125. The highest BCUT2D eigenvalue weighted by Gasteiger charge is 2.15. The Hall–Kier alpha value is -2.66. The van der Waals surface area contributed by atoms with Crippen molar-refractivity contribution < 1.29 is 5.11 Å². The number of hydrogen-bond donors (Lipinski definition) is 2. The van der Waals surface area contributed by atoms with Crippen LogP contribution in [0.2, 0.25) is 0 Å². The van der Waals surface area contributed by atoms with Gasteiger partial charge in [0.1, 0.15) is 11.4 Å². The summed E-state index contributed by atoms with van der Waals surface area (Å²) in [5.74, 6) is 0.218. The summed E-state index contributed by atoms with van der Waals surface area (Å²) in [5, 5.41) is 17.8. The van der Waals surface area contributed by atoms with Gasteiger partial charge in [-0.25, -0.2) is 4.68 Å². The number of aryl methyl sites for hydroxylation is 1. The van der Waals surface area contributed by atoms with Gasteiger partial charge in [-0.3, -0.25) is 0 Å². The summed E-state index contributed by atoms with van der Waals surface area (Å²) in [6.07, 6.45) is 0. The van der Waals surface area contributed by atoms with Crippen LogP contribution in [0.4, 0.5) is 0 Å². The first kappa shape index (κ1) is 13.3. The molecule has 3 rings (SSSR count). The van der Waals surface area contributed by atoms with E-state index in [1.807, 2.05) is 25.1 Å². The van der Waals surface area contributed by atoms with Crippen molar-refractivity contribution in [2.24, 2.45) is 5.73 Å². The molecule has 0 saturated carbocycles. The minimum Gasteiger partial charge on any atom is -0.508 e. The molecule has 0 amide bonds. The van der Waals surface area contributed by atoms with E-state index in [0.717, 1.165) is 28.2 Å². The number of nitrogens with zero attached hydrogens (tertiary/aromatic N) is 3. The molecule has 0 aliphatic rings. The summed E-state index contributed by atoms with van der Waals surface area (Å²) >= 11 is 0. The Morgan fingerprint density at radius 2 is 1.90 bits per heavy atom. The molecular formula is C16H16N4O. The Morgan fingerprint density at radius 3 is 2.57 bits per heavy atom. The highest BCUT2D eigenvalue weighted by atomic mass is 16.3. The van der Waals surface area contributed by atoms with Crippen LogP contribution in [0.3, 0.4) is 0 Å². The second kappa shape index (κ2) is 5.38. The van der Waals surface area contributed by atoms with E-state index < -0.39 is 0 Å². The summed E-state index contributed by atoms with van der Waals surface area (Å²) in [6.45, 7) is 2.36. The van der Waals surface area contributed by atoms with Crippen molar-refractivity contribution in [1.82, 2.24) is 15.0 Å². The van der Waals surface area contributed by atoms with Crippen LogP contribution in [0, 0.1) is 6.92 Å². The highest BCUT2D eigenvalue weighted by Crippen LogP contribution is 2.26. The minimum absolute atomic E-state index is 0.218. The summed E-state index contributed by atoms with van der Waals surface area (Å²) in [4.78, 5) is 0. The predicted molar refractivity (Wildman–Crippen MR) is 81.1 cm³/mol. The minimum atomic E-state index is 0.218. The van der Waals surface area contributed by atoms with Crippen molar-refractivity contribution in [2.75, 3.05) is 0 Å². The fourth-order valence-electron chi connectivity index (χ4n) is 2.31. The Morgan fingerprint density at radius 1 is 1.14 bits per heavy atom. The van der Waals surface area contributed by atoms with E-state index in [2.05, 4.69) is 16.4 Å². The summed E-state index contributed by atoms with van der Waals surface area (Å²) in [5.41, 5.74) is 10.4. The van der Waals surface area contributed by atoms with Gasteiger partial charge in [-0.1, -0.05) is 29.0 Å². The number of phenols is 1. The molecule has 1 heterocycles. The third kappa shape index (κ3) is 2.51. The number of phenolic OH excluding ortho intramolecular Hbond substituents is 1. The van der Waals surface area contributed by atoms with Crippen LogP contribution in [0.25, 0.3) is 16.9 Å². The molecule has 1 aromatic heterocycles. The standard InChI is InChI=1S/C16H16N4O/c1-11-3-2-4-12(9-11)16-15(10-17)18-19-20(16)13-5-7-14(21)8-6-13/h2-9,21H,10,17H2,1H3. The molecule has 2 aromatic carbocycles. The maximum absolute atomic E-state index is 9.41. The molecule has 0 aliphatic carbocycles. The Labute approximate surface area is 122 Å². The molecular weight excluding hydrogens is 264 g/mol. The van der Waals surface area contributed by atoms with Gasteiger partial charge < -0.3 is 10.8 Å². The number of benzene rings is 2. The molecule has 3 aromatic rings. The van der Waals surface area contributed by atoms with Gasteiger partial charge in [0.2, 0.25) is 0 Å². The third-order valence-electron chi connectivity index (χ3n) is 3.32. The van der Waals surface area contributed by atoms with E-state index in [0.29, 0.717) is 6.54 Å². The molecule has 0 saturated heterocycles. The Kier molecular flexibility index (Phi) is 3.41. The molecule has 0 unspecified atom stereocenters. The van der Waals surface area contributed by atoms with Crippen LogP contribution in [0.15, 0.2) is 48.5 Å². The quantitative estimate of drug-likeness (QED) is 0.772. The van der Waals surface area contributed by atoms with E-state index in [1.54, 1.807) is 28.9 Å². The zero-order valence-corrected chi connectivity index (χ0v) is 11.7. The van der Waals surface area contributed by atoms with E-state index in [1.165, 1.54) is 0 Å². The molecule has 21 heavy (non-hydrogen) atoms. The van der Waals surface area contributed by atoms with Crippen LogP contribution in [-0.4, -0.2) is 20.1 Å². The molecule has 5 nitrogen and oxygen atoms in total. The molecule has 0 bridgehead atoms. The average molecular weight is 280 g/mol. The van der Waals surface area contributed by atoms with Gasteiger partial charge in [0.25, 0.3) is 0 Å². The number of aromatic hydroxyl groups is 1. The topological polar surface area (TPSA) is 77.0 Å². The second-order valence-corrected chi connectivity index (χ2v) is 4.89. The number of aromatic nitrogens is 3. The first-order chi connectivity index (χ1) is 10.2. The van der Waals surface area contributed by atoms with Crippen molar-refractivity contribution in [2.45, 2.75) is 13.5 Å². The lowest BCUT2D eigenvalue weighted by Gasteiger charge is -2.08. The average Bonchev–Trinajstić information content (AvgIpc) is 2.92. The first-order valence-electron chi connectivity index (χ1n) is 6.70. The molecule has 0 radical (unpaired) electrons. The van der Waals surface area contributed by atoms with Gasteiger partial charge in [0, 0.05) is 12.1 Å². The first-order valence-corrected chi connectivity index (χ1v) is 6.70. The third-order valence-corrected chi connectivity index (χ3v) is 3.32. The summed E-state index contributed by atoms with van der Waals surface area (Å²) < 4.78 is 1.75. The normalized spacial score (nSPS) is 10.8. The lowest BCUT2D eigenvalue weighted by molar-refractivity contribution is 0.475. The summed E-state index contributed by atoms with van der Waals surface area (Å²) in [7, 11) is 0. The molecule has 0 fully saturated rings. The highest BCUT2D eigenvalue weighted by molar-refractivity contribution is 5.65. The predicted octanol–water partition coefficient (Wildman–Crippen LogP) is 2.41. The molecule has 106 valence electrons. The lowest BCUT2D eigenvalue weighted by atomic mass is 10.1. The van der Waals surface area contributed by atoms with Crippen molar-refractivity contribution >= 4 is 0 Å². The van der Waals surface area contributed by atoms with Crippen molar-refractivity contribution in [1.29, 1.82) is 0 Å². The molecule has 3 N–H and O–H groups in total. The number of nitrogens with two attached hydrogens (primary N) is 1. The van der Waals surface area contributed by atoms with Crippen molar-refractivity contribution in [3.63, 3.8) is 0 Å². The summed E-state index contributed by atoms with van der Waals surface area (Å²) in [6, 6.07) is 15.0. The van der Waals surface area contributed by atoms with Crippen molar-refractivity contribution in [3.8, 4) is 22.7 Å².